The highest BCUT2D eigenvalue weighted by Gasteiger charge is 2.35. The van der Waals surface area contributed by atoms with Crippen molar-refractivity contribution in [1.29, 1.82) is 0 Å². The second kappa shape index (κ2) is 5.99. The monoisotopic (exact) mass is 256 g/mol. The molecule has 18 heavy (non-hydrogen) atoms. The first kappa shape index (κ1) is 13.8. The van der Waals surface area contributed by atoms with Gasteiger partial charge in [-0.3, -0.25) is 4.79 Å². The zero-order chi connectivity index (χ0) is 13.1. The van der Waals surface area contributed by atoms with Crippen molar-refractivity contribution < 1.29 is 14.6 Å². The van der Waals surface area contributed by atoms with Crippen molar-refractivity contribution in [3.8, 4) is 0 Å². The molecule has 5 nitrogen and oxygen atoms in total. The van der Waals surface area contributed by atoms with Gasteiger partial charge in [-0.25, -0.2) is 0 Å². The number of nitrogens with two attached hydrogens (primary N) is 1. The smallest absolute Gasteiger partial charge is 0.226 e. The van der Waals surface area contributed by atoms with E-state index in [0.29, 0.717) is 25.6 Å². The third-order valence-electron chi connectivity index (χ3n) is 4.21. The van der Waals surface area contributed by atoms with Crippen LogP contribution in [0.2, 0.25) is 0 Å². The average Bonchev–Trinajstić information content (AvgIpc) is 2.41. The van der Waals surface area contributed by atoms with Crippen molar-refractivity contribution >= 4 is 5.91 Å². The number of aliphatic hydroxyl groups is 1. The van der Waals surface area contributed by atoms with Crippen LogP contribution in [0.15, 0.2) is 0 Å². The second-order valence-corrected chi connectivity index (χ2v) is 5.62. The Morgan fingerprint density at radius 3 is 3.00 bits per heavy atom. The first-order valence-corrected chi connectivity index (χ1v) is 6.88. The molecule has 0 aromatic rings. The minimum atomic E-state index is -0.227. The molecular weight excluding hydrogens is 232 g/mol. The molecule has 1 aliphatic carbocycles. The fraction of sp³-hybridized carbons (Fsp3) is 0.923. The van der Waals surface area contributed by atoms with Crippen LogP contribution >= 0.6 is 0 Å². The van der Waals surface area contributed by atoms with Gasteiger partial charge in [-0.1, -0.05) is 6.92 Å². The quantitative estimate of drug-likeness (QED) is 0.727. The summed E-state index contributed by atoms with van der Waals surface area (Å²) in [6, 6.07) is 0.157. The Balaban J connectivity index is 1.96. The minimum absolute atomic E-state index is 0.0243. The number of morpholine rings is 1. The van der Waals surface area contributed by atoms with Gasteiger partial charge >= 0.3 is 0 Å². The van der Waals surface area contributed by atoms with Crippen molar-refractivity contribution in [3.05, 3.63) is 0 Å². The molecule has 4 unspecified atom stereocenters. The van der Waals surface area contributed by atoms with E-state index in [2.05, 4.69) is 6.92 Å². The van der Waals surface area contributed by atoms with Gasteiger partial charge in [-0.05, 0) is 25.2 Å². The maximum absolute atomic E-state index is 12.5. The van der Waals surface area contributed by atoms with Crippen LogP contribution in [0.4, 0.5) is 0 Å². The maximum atomic E-state index is 12.5. The fourth-order valence-corrected chi connectivity index (χ4v) is 2.96. The molecule has 2 rings (SSSR count). The van der Waals surface area contributed by atoms with E-state index >= 15 is 0 Å². The number of aliphatic hydroxyl groups excluding tert-OH is 1. The summed E-state index contributed by atoms with van der Waals surface area (Å²) in [6.45, 7) is 3.77. The van der Waals surface area contributed by atoms with Crippen LogP contribution in [-0.4, -0.2) is 54.4 Å². The number of hydrogen-bond acceptors (Lipinski definition) is 4. The third-order valence-corrected chi connectivity index (χ3v) is 4.21. The SMILES string of the molecule is CC1CCC(N)CC1C(=O)N1CCOC(CO)C1. The molecule has 0 radical (unpaired) electrons. The van der Waals surface area contributed by atoms with E-state index in [1.807, 2.05) is 4.90 Å². The van der Waals surface area contributed by atoms with Gasteiger partial charge in [0.15, 0.2) is 0 Å². The fourth-order valence-electron chi connectivity index (χ4n) is 2.96. The molecule has 5 heteroatoms. The molecule has 1 saturated carbocycles. The highest BCUT2D eigenvalue weighted by atomic mass is 16.5. The lowest BCUT2D eigenvalue weighted by Crippen LogP contribution is -2.51. The number of hydrogen-bond donors (Lipinski definition) is 2. The van der Waals surface area contributed by atoms with Gasteiger partial charge in [0.05, 0.1) is 19.3 Å². The van der Waals surface area contributed by atoms with Gasteiger partial charge in [-0.15, -0.1) is 0 Å². The summed E-state index contributed by atoms with van der Waals surface area (Å²) < 4.78 is 5.37. The van der Waals surface area contributed by atoms with Gasteiger partial charge in [0.2, 0.25) is 5.91 Å². The molecular formula is C13H24N2O3. The van der Waals surface area contributed by atoms with Gasteiger partial charge in [0, 0.05) is 25.0 Å². The van der Waals surface area contributed by atoms with E-state index in [-0.39, 0.29) is 30.6 Å². The van der Waals surface area contributed by atoms with Gasteiger partial charge in [0.25, 0.3) is 0 Å². The number of ether oxygens (including phenoxy) is 1. The van der Waals surface area contributed by atoms with Crippen molar-refractivity contribution in [1.82, 2.24) is 4.90 Å². The van der Waals surface area contributed by atoms with E-state index in [1.54, 1.807) is 0 Å². The van der Waals surface area contributed by atoms with Crippen molar-refractivity contribution in [2.24, 2.45) is 17.6 Å². The van der Waals surface area contributed by atoms with Crippen LogP contribution in [0.5, 0.6) is 0 Å². The molecule has 0 aromatic carbocycles. The number of nitrogens with zero attached hydrogens (tertiary/aromatic N) is 1. The van der Waals surface area contributed by atoms with Crippen LogP contribution in [0.1, 0.15) is 26.2 Å². The molecule has 2 aliphatic rings. The summed E-state index contributed by atoms with van der Waals surface area (Å²) in [5.41, 5.74) is 5.97. The summed E-state index contributed by atoms with van der Waals surface area (Å²) in [4.78, 5) is 14.3. The van der Waals surface area contributed by atoms with E-state index in [0.717, 1.165) is 19.3 Å². The molecule has 0 spiro atoms. The van der Waals surface area contributed by atoms with Gasteiger partial charge in [0.1, 0.15) is 0 Å². The number of amides is 1. The standard InChI is InChI=1S/C13H24N2O3/c1-9-2-3-10(14)6-12(9)13(17)15-4-5-18-11(7-15)8-16/h9-12,16H,2-8,14H2,1H3. The summed E-state index contributed by atoms with van der Waals surface area (Å²) in [6.07, 6.45) is 2.62. The molecule has 1 heterocycles. The Morgan fingerprint density at radius 1 is 1.50 bits per heavy atom. The molecule has 3 N–H and O–H groups in total. The topological polar surface area (TPSA) is 75.8 Å². The second-order valence-electron chi connectivity index (χ2n) is 5.62. The Bertz CT molecular complexity index is 298. The zero-order valence-corrected chi connectivity index (χ0v) is 11.0. The van der Waals surface area contributed by atoms with Gasteiger partial charge < -0.3 is 20.5 Å². The molecule has 0 aromatic heterocycles. The minimum Gasteiger partial charge on any atom is -0.394 e. The molecule has 1 amide bonds. The first-order chi connectivity index (χ1) is 8.61. The Hall–Kier alpha value is -0.650. The lowest BCUT2D eigenvalue weighted by atomic mass is 9.77. The van der Waals surface area contributed by atoms with E-state index < -0.39 is 0 Å². The lowest BCUT2D eigenvalue weighted by molar-refractivity contribution is -0.147. The van der Waals surface area contributed by atoms with Crippen LogP contribution in [-0.2, 0) is 9.53 Å². The summed E-state index contributed by atoms with van der Waals surface area (Å²) >= 11 is 0. The van der Waals surface area contributed by atoms with E-state index in [9.17, 15) is 4.79 Å². The Kier molecular flexibility index (Phi) is 4.59. The zero-order valence-electron chi connectivity index (χ0n) is 11.0. The predicted molar refractivity (Wildman–Crippen MR) is 67.9 cm³/mol. The number of rotatable bonds is 2. The number of carbonyl (C=O) groups is 1. The molecule has 1 aliphatic heterocycles. The van der Waals surface area contributed by atoms with E-state index in [1.165, 1.54) is 0 Å². The van der Waals surface area contributed by atoms with Crippen LogP contribution in [0, 0.1) is 11.8 Å². The number of carbonyl (C=O) groups excluding carboxylic acids is 1. The van der Waals surface area contributed by atoms with Crippen molar-refractivity contribution in [3.63, 3.8) is 0 Å². The van der Waals surface area contributed by atoms with Crippen molar-refractivity contribution in [2.45, 2.75) is 38.3 Å². The predicted octanol–water partition coefficient (Wildman–Crippen LogP) is -0.0304. The Morgan fingerprint density at radius 2 is 2.28 bits per heavy atom. The van der Waals surface area contributed by atoms with Crippen molar-refractivity contribution in [2.75, 3.05) is 26.3 Å². The normalized spacial score (nSPS) is 37.6. The largest absolute Gasteiger partial charge is 0.394 e. The average molecular weight is 256 g/mol. The first-order valence-electron chi connectivity index (χ1n) is 6.88. The third kappa shape index (κ3) is 3.02. The molecule has 0 bridgehead atoms. The van der Waals surface area contributed by atoms with Crippen LogP contribution in [0.3, 0.4) is 0 Å². The summed E-state index contributed by atoms with van der Waals surface area (Å²) in [5.74, 6) is 0.651. The Labute approximate surface area is 108 Å². The van der Waals surface area contributed by atoms with Gasteiger partial charge in [-0.2, -0.15) is 0 Å². The van der Waals surface area contributed by atoms with Crippen LogP contribution < -0.4 is 5.73 Å². The molecule has 104 valence electrons. The summed E-state index contributed by atoms with van der Waals surface area (Å²) in [5, 5.41) is 9.11. The van der Waals surface area contributed by atoms with E-state index in [4.69, 9.17) is 15.6 Å². The highest BCUT2D eigenvalue weighted by molar-refractivity contribution is 5.79. The van der Waals surface area contributed by atoms with Crippen LogP contribution in [0.25, 0.3) is 0 Å². The molecule has 1 saturated heterocycles. The molecule has 2 fully saturated rings. The maximum Gasteiger partial charge on any atom is 0.226 e. The highest BCUT2D eigenvalue weighted by Crippen LogP contribution is 2.30. The lowest BCUT2D eigenvalue weighted by Gasteiger charge is -2.38. The molecule has 4 atom stereocenters. The summed E-state index contributed by atoms with van der Waals surface area (Å²) in [7, 11) is 0.